The van der Waals surface area contributed by atoms with Gasteiger partial charge in [0, 0.05) is 33.3 Å². The zero-order valence-corrected chi connectivity index (χ0v) is 23.2. The van der Waals surface area contributed by atoms with Crippen molar-refractivity contribution in [3.63, 3.8) is 0 Å². The summed E-state index contributed by atoms with van der Waals surface area (Å²) in [4.78, 5) is 47.2. The van der Waals surface area contributed by atoms with Gasteiger partial charge in [0.25, 0.3) is 0 Å². The maximum Gasteiger partial charge on any atom is 0.250 e. The number of benzene rings is 1. The van der Waals surface area contributed by atoms with Crippen molar-refractivity contribution in [2.45, 2.75) is 56.5 Å². The van der Waals surface area contributed by atoms with Crippen LogP contribution >= 0.6 is 0 Å². The molecule has 1 spiro atoms. The van der Waals surface area contributed by atoms with Crippen LogP contribution in [0.25, 0.3) is 11.0 Å². The second-order valence-electron chi connectivity index (χ2n) is 11.3. The number of ether oxygens (including phenoxy) is 1. The molecule has 11 heteroatoms. The highest BCUT2D eigenvalue weighted by atomic mass is 16.5. The zero-order valence-electron chi connectivity index (χ0n) is 23.2. The molecule has 0 aliphatic carbocycles. The van der Waals surface area contributed by atoms with Crippen LogP contribution in [0.5, 0.6) is 0 Å². The minimum Gasteiger partial charge on any atom is -0.396 e. The number of aliphatic hydroxyl groups is 1. The van der Waals surface area contributed by atoms with Gasteiger partial charge in [0.05, 0.1) is 23.0 Å². The van der Waals surface area contributed by atoms with Crippen molar-refractivity contribution < 1.29 is 24.2 Å². The lowest BCUT2D eigenvalue weighted by atomic mass is 9.66. The van der Waals surface area contributed by atoms with Gasteiger partial charge in [-0.2, -0.15) is 0 Å². The van der Waals surface area contributed by atoms with E-state index < -0.39 is 29.1 Å². The molecule has 1 aromatic carbocycles. The molecule has 3 aliphatic heterocycles. The number of hydrogen-bond acceptors (Lipinski definition) is 7. The maximum absolute atomic E-state index is 14.5. The molecule has 11 nitrogen and oxygen atoms in total. The predicted molar refractivity (Wildman–Crippen MR) is 148 cm³/mol. The van der Waals surface area contributed by atoms with Gasteiger partial charge >= 0.3 is 0 Å². The van der Waals surface area contributed by atoms with E-state index in [2.05, 4.69) is 23.5 Å². The molecule has 2 unspecified atom stereocenters. The Morgan fingerprint density at radius 1 is 1.18 bits per heavy atom. The topological polar surface area (TPSA) is 121 Å². The second-order valence-corrected chi connectivity index (χ2v) is 11.3. The molecule has 40 heavy (non-hydrogen) atoms. The molecular weight excluding hydrogens is 512 g/mol. The average molecular weight is 551 g/mol. The number of likely N-dealkylation sites (tertiary alicyclic amines) is 1. The Labute approximate surface area is 234 Å². The van der Waals surface area contributed by atoms with E-state index in [9.17, 15) is 19.5 Å². The number of para-hydroxylation sites is 1. The van der Waals surface area contributed by atoms with Crippen molar-refractivity contribution in [1.82, 2.24) is 29.7 Å². The summed E-state index contributed by atoms with van der Waals surface area (Å²) >= 11 is 0. The Bertz CT molecular complexity index is 1330. The molecular formula is C29H38N6O5. The minimum atomic E-state index is -1.12. The third-order valence-electron chi connectivity index (χ3n) is 8.75. The Balaban J connectivity index is 1.53. The number of carbonyl (C=O) groups is 3. The molecule has 1 N–H and O–H groups in total. The Kier molecular flexibility index (Phi) is 7.54. The lowest BCUT2D eigenvalue weighted by molar-refractivity contribution is -0.154. The molecule has 4 heterocycles. The van der Waals surface area contributed by atoms with Crippen LogP contribution in [0.1, 0.15) is 32.6 Å². The van der Waals surface area contributed by atoms with Crippen LogP contribution in [0.15, 0.2) is 49.6 Å². The largest absolute Gasteiger partial charge is 0.396 e. The number of nitrogens with zero attached hydrogens (tertiary/aromatic N) is 6. The van der Waals surface area contributed by atoms with Gasteiger partial charge in [-0.3, -0.25) is 14.4 Å². The Hall–Kier alpha value is -3.57. The molecule has 3 saturated heterocycles. The summed E-state index contributed by atoms with van der Waals surface area (Å²) in [6.45, 7) is 10.4. The number of unbranched alkanes of at least 4 members (excludes halogenated alkanes) is 1. The summed E-state index contributed by atoms with van der Waals surface area (Å²) in [6.07, 6.45) is 5.37. The van der Waals surface area contributed by atoms with Gasteiger partial charge in [0.2, 0.25) is 17.7 Å². The van der Waals surface area contributed by atoms with Crippen LogP contribution in [0.2, 0.25) is 0 Å². The van der Waals surface area contributed by atoms with Crippen molar-refractivity contribution >= 4 is 28.8 Å². The molecule has 2 bridgehead atoms. The smallest absolute Gasteiger partial charge is 0.250 e. The standard InChI is InChI=1S/C29H38N6O5/c1-5-15-32(4)25(37)22-23-26(38)34(17-9-10-18-36)24(29(23)14-13-28(22,3)40-29)27(39)33(16-6-2)19-35-21-12-8-7-11-20(21)30-31-35/h5-8,11-12,22-24,36H,1-2,9-10,13-19H2,3-4H3/t22-,23-,24?,28+,29?/m0/s1. The molecule has 0 saturated carbocycles. The second kappa shape index (κ2) is 10.8. The van der Waals surface area contributed by atoms with Crippen LogP contribution in [-0.2, 0) is 25.8 Å². The summed E-state index contributed by atoms with van der Waals surface area (Å²) in [5, 5.41) is 17.9. The fraction of sp³-hybridized carbons (Fsp3) is 0.552. The van der Waals surface area contributed by atoms with Crippen LogP contribution in [0.3, 0.4) is 0 Å². The molecule has 2 aromatic rings. The first kappa shape index (κ1) is 28.0. The predicted octanol–water partition coefficient (Wildman–Crippen LogP) is 1.59. The molecule has 3 fully saturated rings. The zero-order chi connectivity index (χ0) is 28.7. The van der Waals surface area contributed by atoms with E-state index in [0.29, 0.717) is 37.7 Å². The summed E-state index contributed by atoms with van der Waals surface area (Å²) in [5.74, 6) is -2.18. The highest BCUT2D eigenvalue weighted by Gasteiger charge is 2.78. The van der Waals surface area contributed by atoms with Crippen molar-refractivity contribution in [2.24, 2.45) is 11.8 Å². The quantitative estimate of drug-likeness (QED) is 0.315. The van der Waals surface area contributed by atoms with Crippen LogP contribution in [0.4, 0.5) is 0 Å². The normalized spacial score (nSPS) is 28.6. The minimum absolute atomic E-state index is 0.0147. The van der Waals surface area contributed by atoms with E-state index in [0.717, 1.165) is 5.52 Å². The van der Waals surface area contributed by atoms with E-state index in [4.69, 9.17) is 4.74 Å². The van der Waals surface area contributed by atoms with Crippen molar-refractivity contribution in [3.05, 3.63) is 49.6 Å². The number of aliphatic hydroxyl groups excluding tert-OH is 1. The lowest BCUT2D eigenvalue weighted by Gasteiger charge is -2.36. The van der Waals surface area contributed by atoms with Crippen LogP contribution < -0.4 is 0 Å². The van der Waals surface area contributed by atoms with Gasteiger partial charge in [-0.05, 0) is 44.7 Å². The molecule has 5 atom stereocenters. The highest BCUT2D eigenvalue weighted by Crippen LogP contribution is 2.63. The number of amides is 3. The summed E-state index contributed by atoms with van der Waals surface area (Å²) in [5.41, 5.74) is -0.483. The van der Waals surface area contributed by atoms with Crippen LogP contribution in [0, 0.1) is 11.8 Å². The molecule has 1 aromatic heterocycles. The number of aromatic nitrogens is 3. The molecule has 214 valence electrons. The molecule has 5 rings (SSSR count). The average Bonchev–Trinajstić information content (AvgIpc) is 3.64. The van der Waals surface area contributed by atoms with Crippen molar-refractivity contribution in [1.29, 1.82) is 0 Å². The Morgan fingerprint density at radius 3 is 2.65 bits per heavy atom. The Morgan fingerprint density at radius 2 is 1.93 bits per heavy atom. The first-order valence-corrected chi connectivity index (χ1v) is 13.9. The van der Waals surface area contributed by atoms with E-state index >= 15 is 0 Å². The number of fused-ring (bicyclic) bond motifs is 2. The molecule has 3 amide bonds. The first-order chi connectivity index (χ1) is 19.2. The summed E-state index contributed by atoms with van der Waals surface area (Å²) in [6, 6.07) is 6.59. The first-order valence-electron chi connectivity index (χ1n) is 13.9. The van der Waals surface area contributed by atoms with E-state index in [1.807, 2.05) is 31.2 Å². The number of carbonyl (C=O) groups excluding carboxylic acids is 3. The van der Waals surface area contributed by atoms with Crippen molar-refractivity contribution in [2.75, 3.05) is 33.3 Å². The van der Waals surface area contributed by atoms with E-state index in [1.54, 1.807) is 38.6 Å². The lowest BCUT2D eigenvalue weighted by Crippen LogP contribution is -2.56. The van der Waals surface area contributed by atoms with Gasteiger partial charge in [-0.25, -0.2) is 4.68 Å². The molecule has 3 aliphatic rings. The van der Waals surface area contributed by atoms with Gasteiger partial charge in [0.15, 0.2) is 0 Å². The van der Waals surface area contributed by atoms with E-state index in [-0.39, 0.29) is 44.1 Å². The number of hydrogen-bond donors (Lipinski definition) is 1. The third-order valence-corrected chi connectivity index (χ3v) is 8.75. The van der Waals surface area contributed by atoms with Crippen LogP contribution in [-0.4, -0.2) is 103 Å². The summed E-state index contributed by atoms with van der Waals surface area (Å²) < 4.78 is 8.37. The van der Waals surface area contributed by atoms with Crippen molar-refractivity contribution in [3.8, 4) is 0 Å². The van der Waals surface area contributed by atoms with Gasteiger partial charge in [0.1, 0.15) is 23.8 Å². The van der Waals surface area contributed by atoms with E-state index in [1.165, 1.54) is 0 Å². The van der Waals surface area contributed by atoms with Gasteiger partial charge in [-0.15, -0.1) is 18.3 Å². The van der Waals surface area contributed by atoms with Gasteiger partial charge < -0.3 is 24.5 Å². The van der Waals surface area contributed by atoms with Gasteiger partial charge in [-0.1, -0.05) is 29.5 Å². The number of rotatable bonds is 12. The highest BCUT2D eigenvalue weighted by molar-refractivity contribution is 5.99. The molecule has 0 radical (unpaired) electrons. The fourth-order valence-corrected chi connectivity index (χ4v) is 6.97. The maximum atomic E-state index is 14.5. The number of likely N-dealkylation sites (N-methyl/N-ethyl adjacent to an activating group) is 1. The SMILES string of the molecule is C=CCN(C)C(=O)[C@@H]1[C@H]2C(=O)N(CCCCO)C(C(=O)N(CC=C)Cn3nnc4ccccc43)C23CC[C@@]1(C)O3. The fourth-order valence-electron chi connectivity index (χ4n) is 6.97. The summed E-state index contributed by atoms with van der Waals surface area (Å²) in [7, 11) is 1.70. The monoisotopic (exact) mass is 550 g/mol. The third kappa shape index (κ3) is 4.32.